The summed E-state index contributed by atoms with van der Waals surface area (Å²) in [5, 5.41) is -0.865. The summed E-state index contributed by atoms with van der Waals surface area (Å²) in [5.41, 5.74) is 0. The van der Waals surface area contributed by atoms with Gasteiger partial charge in [0.1, 0.15) is 0 Å². The predicted molar refractivity (Wildman–Crippen MR) is 39.9 cm³/mol. The van der Waals surface area contributed by atoms with Crippen molar-refractivity contribution in [1.29, 1.82) is 0 Å². The zero-order chi connectivity index (χ0) is 7.98. The highest BCUT2D eigenvalue weighted by Crippen LogP contribution is 2.08. The van der Waals surface area contributed by atoms with E-state index in [1.165, 1.54) is 0 Å². The summed E-state index contributed by atoms with van der Waals surface area (Å²) >= 11 is 4.89. The van der Waals surface area contributed by atoms with Gasteiger partial charge in [0.25, 0.3) is 5.24 Å². The molecule has 0 aromatic heterocycles. The molecule has 0 rings (SSSR count). The molecule has 0 aliphatic carbocycles. The molecule has 60 valence electrons. The molecular weight excluding hydrogens is 155 g/mol. The van der Waals surface area contributed by atoms with Gasteiger partial charge in [0.2, 0.25) is 0 Å². The van der Waals surface area contributed by atoms with Gasteiger partial charge in [-0.3, -0.25) is 4.79 Å². The first-order valence-corrected chi connectivity index (χ1v) is 3.89. The van der Waals surface area contributed by atoms with Crippen LogP contribution in [0.5, 0.6) is 0 Å². The van der Waals surface area contributed by atoms with E-state index < -0.39 is 11.4 Å². The van der Waals surface area contributed by atoms with E-state index in [4.69, 9.17) is 11.6 Å². The number of rotatable bonds is 5. The number of unbranched alkanes of at least 4 members (excludes halogenated alkanes) is 2. The van der Waals surface area contributed by atoms with Crippen LogP contribution in [0.1, 0.15) is 32.6 Å². The molecular formula is C7H12ClFO. The van der Waals surface area contributed by atoms with Crippen molar-refractivity contribution >= 4 is 16.8 Å². The average molecular weight is 167 g/mol. The SMILES string of the molecule is CCCCCC(F)C(=O)Cl. The molecule has 0 heterocycles. The van der Waals surface area contributed by atoms with Crippen LogP contribution in [-0.2, 0) is 4.79 Å². The maximum absolute atomic E-state index is 12.4. The van der Waals surface area contributed by atoms with Gasteiger partial charge in [0.15, 0.2) is 6.17 Å². The molecule has 0 amide bonds. The third-order valence-electron chi connectivity index (χ3n) is 1.31. The van der Waals surface area contributed by atoms with Crippen LogP contribution in [0.3, 0.4) is 0 Å². The highest BCUT2D eigenvalue weighted by atomic mass is 35.5. The average Bonchev–Trinajstić information content (AvgIpc) is 1.88. The number of alkyl halides is 1. The van der Waals surface area contributed by atoms with Crippen LogP contribution in [0.15, 0.2) is 0 Å². The van der Waals surface area contributed by atoms with E-state index in [9.17, 15) is 9.18 Å². The van der Waals surface area contributed by atoms with E-state index >= 15 is 0 Å². The number of halogens is 2. The van der Waals surface area contributed by atoms with Crippen molar-refractivity contribution in [3.63, 3.8) is 0 Å². The highest BCUT2D eigenvalue weighted by Gasteiger charge is 2.12. The van der Waals surface area contributed by atoms with Crippen molar-refractivity contribution in [3.05, 3.63) is 0 Å². The minimum absolute atomic E-state index is 0.274. The van der Waals surface area contributed by atoms with Crippen molar-refractivity contribution in [2.75, 3.05) is 0 Å². The van der Waals surface area contributed by atoms with Gasteiger partial charge in [0, 0.05) is 0 Å². The first kappa shape index (κ1) is 9.89. The van der Waals surface area contributed by atoms with Gasteiger partial charge in [0.05, 0.1) is 0 Å². The molecule has 3 heteroatoms. The van der Waals surface area contributed by atoms with Crippen molar-refractivity contribution < 1.29 is 9.18 Å². The molecule has 0 aliphatic rings. The lowest BCUT2D eigenvalue weighted by molar-refractivity contribution is -0.116. The quantitative estimate of drug-likeness (QED) is 0.453. The minimum atomic E-state index is -1.45. The monoisotopic (exact) mass is 166 g/mol. The van der Waals surface area contributed by atoms with E-state index in [0.717, 1.165) is 19.3 Å². The van der Waals surface area contributed by atoms with Crippen molar-refractivity contribution in [3.8, 4) is 0 Å². The molecule has 10 heavy (non-hydrogen) atoms. The lowest BCUT2D eigenvalue weighted by atomic mass is 10.1. The minimum Gasteiger partial charge on any atom is -0.278 e. The maximum Gasteiger partial charge on any atom is 0.255 e. The number of carbonyl (C=O) groups excluding carboxylic acids is 1. The Kier molecular flexibility index (Phi) is 5.60. The van der Waals surface area contributed by atoms with Crippen LogP contribution in [0, 0.1) is 0 Å². The van der Waals surface area contributed by atoms with Crippen molar-refractivity contribution in [1.82, 2.24) is 0 Å². The Balaban J connectivity index is 3.21. The van der Waals surface area contributed by atoms with Gasteiger partial charge in [-0.1, -0.05) is 26.2 Å². The Labute approximate surface area is 65.6 Å². The van der Waals surface area contributed by atoms with E-state index in [-0.39, 0.29) is 6.42 Å². The lowest BCUT2D eigenvalue weighted by Gasteiger charge is -1.99. The Bertz CT molecular complexity index is 106. The fourth-order valence-electron chi connectivity index (χ4n) is 0.687. The largest absolute Gasteiger partial charge is 0.278 e. The first-order chi connectivity index (χ1) is 4.68. The van der Waals surface area contributed by atoms with E-state index in [1.54, 1.807) is 0 Å². The van der Waals surface area contributed by atoms with Gasteiger partial charge in [-0.25, -0.2) is 4.39 Å². The number of carbonyl (C=O) groups is 1. The lowest BCUT2D eigenvalue weighted by Crippen LogP contribution is -2.08. The molecule has 1 atom stereocenters. The van der Waals surface area contributed by atoms with Crippen molar-refractivity contribution in [2.24, 2.45) is 0 Å². The Morgan fingerprint density at radius 2 is 2.20 bits per heavy atom. The zero-order valence-corrected chi connectivity index (χ0v) is 6.83. The second kappa shape index (κ2) is 5.66. The van der Waals surface area contributed by atoms with Crippen LogP contribution in [-0.4, -0.2) is 11.4 Å². The standard InChI is InChI=1S/C7H12ClFO/c1-2-3-4-5-6(9)7(8)10/h6H,2-5H2,1H3. The predicted octanol–water partition coefficient (Wildman–Crippen LogP) is 2.67. The van der Waals surface area contributed by atoms with Gasteiger partial charge in [-0.05, 0) is 18.0 Å². The fraction of sp³-hybridized carbons (Fsp3) is 0.857. The van der Waals surface area contributed by atoms with Crippen molar-refractivity contribution in [2.45, 2.75) is 38.8 Å². The van der Waals surface area contributed by atoms with Gasteiger partial charge in [-0.2, -0.15) is 0 Å². The first-order valence-electron chi connectivity index (χ1n) is 3.52. The molecule has 0 spiro atoms. The van der Waals surface area contributed by atoms with Crippen LogP contribution < -0.4 is 0 Å². The topological polar surface area (TPSA) is 17.1 Å². The summed E-state index contributed by atoms with van der Waals surface area (Å²) in [5.74, 6) is 0. The van der Waals surface area contributed by atoms with Gasteiger partial charge in [-0.15, -0.1) is 0 Å². The molecule has 0 N–H and O–H groups in total. The molecule has 0 radical (unpaired) electrons. The van der Waals surface area contributed by atoms with Gasteiger partial charge >= 0.3 is 0 Å². The summed E-state index contributed by atoms with van der Waals surface area (Å²) in [6.45, 7) is 2.02. The third-order valence-corrected chi connectivity index (χ3v) is 1.54. The van der Waals surface area contributed by atoms with E-state index in [2.05, 4.69) is 0 Å². The molecule has 1 unspecified atom stereocenters. The normalized spacial score (nSPS) is 13.1. The molecule has 1 nitrogen and oxygen atoms in total. The number of hydrogen-bond donors (Lipinski definition) is 0. The second-order valence-electron chi connectivity index (χ2n) is 2.27. The molecule has 0 aliphatic heterocycles. The zero-order valence-electron chi connectivity index (χ0n) is 6.07. The summed E-state index contributed by atoms with van der Waals surface area (Å²) in [4.78, 5) is 10.1. The van der Waals surface area contributed by atoms with Crippen LogP contribution in [0.4, 0.5) is 4.39 Å². The maximum atomic E-state index is 12.4. The molecule has 0 fully saturated rings. The van der Waals surface area contributed by atoms with E-state index in [1.807, 2.05) is 6.92 Å². The molecule has 0 bridgehead atoms. The van der Waals surface area contributed by atoms with Crippen LogP contribution in [0.2, 0.25) is 0 Å². The summed E-state index contributed by atoms with van der Waals surface area (Å²) < 4.78 is 12.4. The summed E-state index contributed by atoms with van der Waals surface area (Å²) in [6, 6.07) is 0. The highest BCUT2D eigenvalue weighted by molar-refractivity contribution is 6.64. The smallest absolute Gasteiger partial charge is 0.255 e. The molecule has 0 saturated carbocycles. The Morgan fingerprint density at radius 3 is 2.60 bits per heavy atom. The molecule has 0 saturated heterocycles. The van der Waals surface area contributed by atoms with E-state index in [0.29, 0.717) is 0 Å². The van der Waals surface area contributed by atoms with Crippen LogP contribution >= 0.6 is 11.6 Å². The second-order valence-corrected chi connectivity index (χ2v) is 2.64. The Hall–Kier alpha value is -0.110. The fourth-order valence-corrected chi connectivity index (χ4v) is 0.796. The van der Waals surface area contributed by atoms with Crippen LogP contribution in [0.25, 0.3) is 0 Å². The Morgan fingerprint density at radius 1 is 1.60 bits per heavy atom. The summed E-state index contributed by atoms with van der Waals surface area (Å²) in [7, 11) is 0. The number of hydrogen-bond acceptors (Lipinski definition) is 1. The molecule has 0 aromatic rings. The van der Waals surface area contributed by atoms with Gasteiger partial charge < -0.3 is 0 Å². The summed E-state index contributed by atoms with van der Waals surface area (Å²) in [6.07, 6.45) is 1.56. The third kappa shape index (κ3) is 4.74. The molecule has 0 aromatic carbocycles.